The molecule has 0 unspecified atom stereocenters. The molecule has 0 aromatic heterocycles. The van der Waals surface area contributed by atoms with Crippen LogP contribution in [0, 0.1) is 19.3 Å². The first-order valence-electron chi connectivity index (χ1n) is 6.06. The fourth-order valence-corrected chi connectivity index (χ4v) is 2.13. The molecule has 0 saturated heterocycles. The van der Waals surface area contributed by atoms with Crippen molar-refractivity contribution >= 4 is 35.4 Å². The molecule has 0 aliphatic heterocycles. The lowest BCUT2D eigenvalue weighted by molar-refractivity contribution is 1.21. The number of anilines is 3. The topological polar surface area (TPSA) is 79.1 Å². The van der Waals surface area contributed by atoms with Crippen molar-refractivity contribution in [2.75, 3.05) is 10.6 Å². The first-order valence-corrected chi connectivity index (χ1v) is 6.06. The molecular formula is C15H19ClN4. The normalized spacial score (nSPS) is 9.70. The molecule has 0 fully saturated rings. The van der Waals surface area contributed by atoms with Crippen LogP contribution < -0.4 is 16.4 Å². The fourth-order valence-electron chi connectivity index (χ4n) is 2.13. The maximum atomic E-state index is 7.85. The Morgan fingerprint density at radius 3 is 2.15 bits per heavy atom. The average Bonchev–Trinajstić information content (AvgIpc) is 2.34. The van der Waals surface area contributed by atoms with Gasteiger partial charge in [0.1, 0.15) is 0 Å². The Bertz CT molecular complexity index is 625. The summed E-state index contributed by atoms with van der Waals surface area (Å²) in [6, 6.07) is 13.4. The van der Waals surface area contributed by atoms with E-state index in [4.69, 9.17) is 16.9 Å². The lowest BCUT2D eigenvalue weighted by atomic mass is 10.1. The summed E-state index contributed by atoms with van der Waals surface area (Å²) in [5.74, 6) is -0.0119. The Kier molecular flexibility index (Phi) is 5.00. The summed E-state index contributed by atoms with van der Waals surface area (Å²) in [5, 5.41) is 7.85. The highest BCUT2D eigenvalue weighted by atomic mass is 35.5. The summed E-state index contributed by atoms with van der Waals surface area (Å²) < 4.78 is 0. The molecule has 2 aromatic rings. The number of aryl methyl sites for hydroxylation is 2. The van der Waals surface area contributed by atoms with Gasteiger partial charge in [0.2, 0.25) is 0 Å². The summed E-state index contributed by atoms with van der Waals surface area (Å²) in [6.45, 7) is 3.96. The summed E-state index contributed by atoms with van der Waals surface area (Å²) >= 11 is 0. The van der Waals surface area contributed by atoms with Crippen molar-refractivity contribution in [1.82, 2.24) is 0 Å². The molecule has 20 heavy (non-hydrogen) atoms. The zero-order chi connectivity index (χ0) is 14.0. The SMILES string of the molecule is Cc1ccccc1N(C(=N)N)c1ccc(N)cc1C.Cl. The van der Waals surface area contributed by atoms with Gasteiger partial charge < -0.3 is 11.5 Å². The van der Waals surface area contributed by atoms with E-state index in [2.05, 4.69) is 0 Å². The molecule has 4 nitrogen and oxygen atoms in total. The number of nitrogens with zero attached hydrogens (tertiary/aromatic N) is 1. The van der Waals surface area contributed by atoms with Crippen molar-refractivity contribution in [3.63, 3.8) is 0 Å². The molecule has 106 valence electrons. The molecule has 0 aliphatic carbocycles. The van der Waals surface area contributed by atoms with Gasteiger partial charge in [0.05, 0.1) is 11.4 Å². The first kappa shape index (κ1) is 15.9. The molecule has 2 rings (SSSR count). The second-order valence-corrected chi connectivity index (χ2v) is 4.55. The molecule has 5 N–H and O–H groups in total. The Morgan fingerprint density at radius 1 is 1.00 bits per heavy atom. The number of hydrogen-bond donors (Lipinski definition) is 3. The number of rotatable bonds is 2. The van der Waals surface area contributed by atoms with E-state index in [0.29, 0.717) is 5.69 Å². The number of para-hydroxylation sites is 1. The maximum absolute atomic E-state index is 7.85. The van der Waals surface area contributed by atoms with E-state index in [9.17, 15) is 0 Å². The number of nitrogens with one attached hydrogen (secondary N) is 1. The van der Waals surface area contributed by atoms with Crippen LogP contribution in [0.25, 0.3) is 0 Å². The second kappa shape index (κ2) is 6.30. The number of guanidine groups is 1. The van der Waals surface area contributed by atoms with Gasteiger partial charge in [-0.25, -0.2) is 0 Å². The van der Waals surface area contributed by atoms with Crippen molar-refractivity contribution in [3.05, 3.63) is 53.6 Å². The molecule has 2 aromatic carbocycles. The minimum atomic E-state index is -0.0119. The monoisotopic (exact) mass is 290 g/mol. The number of halogens is 1. The van der Waals surface area contributed by atoms with Crippen LogP contribution in [0.15, 0.2) is 42.5 Å². The zero-order valence-corrected chi connectivity index (χ0v) is 12.4. The quantitative estimate of drug-likeness (QED) is 0.451. The van der Waals surface area contributed by atoms with Crippen LogP contribution in [0.5, 0.6) is 0 Å². The predicted molar refractivity (Wildman–Crippen MR) is 88.1 cm³/mol. The standard InChI is InChI=1S/C15H18N4.ClH/c1-10-5-3-4-6-13(10)19(15(17)18)14-8-7-12(16)9-11(14)2;/h3-9H,16H2,1-2H3,(H3,17,18);1H. The van der Waals surface area contributed by atoms with Gasteiger partial charge >= 0.3 is 0 Å². The van der Waals surface area contributed by atoms with Gasteiger partial charge in [0.15, 0.2) is 5.96 Å². The fraction of sp³-hybridized carbons (Fsp3) is 0.133. The van der Waals surface area contributed by atoms with Gasteiger partial charge in [-0.2, -0.15) is 0 Å². The Morgan fingerprint density at radius 2 is 1.60 bits per heavy atom. The molecule has 0 aliphatic rings. The predicted octanol–water partition coefficient (Wildman–Crippen LogP) is 3.34. The number of hydrogen-bond acceptors (Lipinski definition) is 2. The zero-order valence-electron chi connectivity index (χ0n) is 11.6. The molecule has 0 saturated carbocycles. The van der Waals surface area contributed by atoms with Gasteiger partial charge in [0.25, 0.3) is 0 Å². The molecule has 0 spiro atoms. The van der Waals surface area contributed by atoms with Crippen molar-refractivity contribution < 1.29 is 0 Å². The molecular weight excluding hydrogens is 272 g/mol. The molecule has 0 amide bonds. The van der Waals surface area contributed by atoms with Gasteiger partial charge in [-0.1, -0.05) is 18.2 Å². The van der Waals surface area contributed by atoms with Crippen LogP contribution in [-0.2, 0) is 0 Å². The van der Waals surface area contributed by atoms with E-state index in [-0.39, 0.29) is 18.4 Å². The molecule has 0 bridgehead atoms. The summed E-state index contributed by atoms with van der Waals surface area (Å²) in [5.41, 5.74) is 16.1. The lowest BCUT2D eigenvalue weighted by Gasteiger charge is -2.26. The molecule has 5 heteroatoms. The van der Waals surface area contributed by atoms with E-state index in [1.807, 2.05) is 56.3 Å². The molecule has 0 radical (unpaired) electrons. The largest absolute Gasteiger partial charge is 0.399 e. The minimum absolute atomic E-state index is 0. The molecule has 0 heterocycles. The highest BCUT2D eigenvalue weighted by Crippen LogP contribution is 2.31. The Hall–Kier alpha value is -2.20. The minimum Gasteiger partial charge on any atom is -0.399 e. The van der Waals surface area contributed by atoms with Gasteiger partial charge in [0, 0.05) is 5.69 Å². The third-order valence-electron chi connectivity index (χ3n) is 3.06. The van der Waals surface area contributed by atoms with E-state index in [1.54, 1.807) is 4.90 Å². The third kappa shape index (κ3) is 3.03. The Balaban J connectivity index is 0.00000200. The van der Waals surface area contributed by atoms with Crippen LogP contribution in [0.4, 0.5) is 17.1 Å². The highest BCUT2D eigenvalue weighted by Gasteiger charge is 2.16. The smallest absolute Gasteiger partial charge is 0.197 e. The second-order valence-electron chi connectivity index (χ2n) is 4.55. The van der Waals surface area contributed by atoms with Crippen LogP contribution in [0.2, 0.25) is 0 Å². The van der Waals surface area contributed by atoms with Crippen molar-refractivity contribution in [2.24, 2.45) is 5.73 Å². The first-order chi connectivity index (χ1) is 9.00. The van der Waals surface area contributed by atoms with Crippen molar-refractivity contribution in [3.8, 4) is 0 Å². The van der Waals surface area contributed by atoms with E-state index in [0.717, 1.165) is 22.5 Å². The van der Waals surface area contributed by atoms with Gasteiger partial charge in [-0.3, -0.25) is 10.3 Å². The van der Waals surface area contributed by atoms with Crippen molar-refractivity contribution in [2.45, 2.75) is 13.8 Å². The maximum Gasteiger partial charge on any atom is 0.197 e. The van der Waals surface area contributed by atoms with Crippen molar-refractivity contribution in [1.29, 1.82) is 5.41 Å². The lowest BCUT2D eigenvalue weighted by Crippen LogP contribution is -2.33. The number of nitrogen functional groups attached to an aromatic ring is 1. The average molecular weight is 291 g/mol. The highest BCUT2D eigenvalue weighted by molar-refractivity contribution is 6.01. The van der Waals surface area contributed by atoms with Gasteiger partial charge in [-0.05, 0) is 49.2 Å². The van der Waals surface area contributed by atoms with Crippen LogP contribution in [0.1, 0.15) is 11.1 Å². The summed E-state index contributed by atoms with van der Waals surface area (Å²) in [6.07, 6.45) is 0. The van der Waals surface area contributed by atoms with Gasteiger partial charge in [-0.15, -0.1) is 12.4 Å². The third-order valence-corrected chi connectivity index (χ3v) is 3.06. The van der Waals surface area contributed by atoms with Crippen LogP contribution in [-0.4, -0.2) is 5.96 Å². The van der Waals surface area contributed by atoms with E-state index < -0.39 is 0 Å². The summed E-state index contributed by atoms with van der Waals surface area (Å²) in [7, 11) is 0. The number of benzene rings is 2. The summed E-state index contributed by atoms with van der Waals surface area (Å²) in [4.78, 5) is 1.73. The Labute approximate surface area is 125 Å². The van der Waals surface area contributed by atoms with E-state index >= 15 is 0 Å². The number of nitrogens with two attached hydrogens (primary N) is 2. The molecule has 0 atom stereocenters. The van der Waals surface area contributed by atoms with Crippen LogP contribution in [0.3, 0.4) is 0 Å². The van der Waals surface area contributed by atoms with E-state index in [1.165, 1.54) is 0 Å². The van der Waals surface area contributed by atoms with Crippen LogP contribution >= 0.6 is 12.4 Å².